The van der Waals surface area contributed by atoms with Crippen molar-refractivity contribution >= 4 is 16.0 Å². The van der Waals surface area contributed by atoms with Gasteiger partial charge in [0, 0.05) is 12.3 Å². The Hall–Kier alpha value is -0.760. The lowest BCUT2D eigenvalue weighted by Crippen LogP contribution is -2.41. The van der Waals surface area contributed by atoms with Gasteiger partial charge in [-0.2, -0.15) is 0 Å². The highest BCUT2D eigenvalue weighted by Crippen LogP contribution is 2.38. The molecule has 1 atom stereocenters. The van der Waals surface area contributed by atoms with Gasteiger partial charge in [0.15, 0.2) is 0 Å². The van der Waals surface area contributed by atoms with E-state index < -0.39 is 40.1 Å². The monoisotopic (exact) mass is 271 g/mol. The molecule has 1 saturated carbocycles. The van der Waals surface area contributed by atoms with Crippen LogP contribution in [0, 0.1) is 5.92 Å². The van der Waals surface area contributed by atoms with Gasteiger partial charge in [-0.1, -0.05) is 6.42 Å². The molecule has 1 aliphatic rings. The average Bonchev–Trinajstić information content (AvgIpc) is 2.18. The zero-order valence-corrected chi connectivity index (χ0v) is 9.97. The largest absolute Gasteiger partial charge is 0.480 e. The Morgan fingerprint density at radius 3 is 2.59 bits per heavy atom. The van der Waals surface area contributed by atoms with Crippen LogP contribution in [0.5, 0.6) is 0 Å². The lowest BCUT2D eigenvalue weighted by atomic mass is 9.87. The summed E-state index contributed by atoms with van der Waals surface area (Å²) in [7, 11) is -3.96. The molecule has 1 fully saturated rings. The van der Waals surface area contributed by atoms with Crippen LogP contribution in [-0.2, 0) is 14.8 Å². The molecular formula is C9H15F2NO4S. The van der Waals surface area contributed by atoms with Gasteiger partial charge in [0.1, 0.15) is 6.54 Å². The quantitative estimate of drug-likeness (QED) is 0.775. The van der Waals surface area contributed by atoms with E-state index in [0.717, 1.165) is 0 Å². The predicted molar refractivity (Wildman–Crippen MR) is 56.3 cm³/mol. The second-order valence-electron chi connectivity index (χ2n) is 4.20. The summed E-state index contributed by atoms with van der Waals surface area (Å²) < 4.78 is 51.3. The first-order chi connectivity index (χ1) is 7.73. The second-order valence-corrected chi connectivity index (χ2v) is 6.05. The van der Waals surface area contributed by atoms with E-state index in [4.69, 9.17) is 5.11 Å². The summed E-state index contributed by atoms with van der Waals surface area (Å²) in [6, 6.07) is 0. The number of rotatable bonds is 5. The van der Waals surface area contributed by atoms with Crippen LogP contribution >= 0.6 is 0 Å². The summed E-state index contributed by atoms with van der Waals surface area (Å²) in [5.74, 6) is -6.25. The number of nitrogens with one attached hydrogen (secondary N) is 1. The molecule has 0 amide bonds. The number of carbonyl (C=O) groups is 1. The van der Waals surface area contributed by atoms with E-state index in [-0.39, 0.29) is 12.8 Å². The fraction of sp³-hybridized carbons (Fsp3) is 0.889. The standard InChI is InChI=1S/C9H15F2NO4S/c10-9(11)4-2-1-3-7(9)6-17(15,16)12-5-8(13)14/h7,12H,1-6H2,(H,13,14). The second kappa shape index (κ2) is 5.26. The smallest absolute Gasteiger partial charge is 0.318 e. The summed E-state index contributed by atoms with van der Waals surface area (Å²) in [6.07, 6.45) is 0.827. The number of halogens is 2. The number of alkyl halides is 2. The van der Waals surface area contributed by atoms with Gasteiger partial charge in [-0.05, 0) is 12.8 Å². The molecular weight excluding hydrogens is 256 g/mol. The normalized spacial score (nSPS) is 24.5. The molecule has 8 heteroatoms. The van der Waals surface area contributed by atoms with Crippen LogP contribution in [0.25, 0.3) is 0 Å². The van der Waals surface area contributed by atoms with E-state index in [2.05, 4.69) is 0 Å². The van der Waals surface area contributed by atoms with Crippen molar-refractivity contribution in [2.45, 2.75) is 31.6 Å². The van der Waals surface area contributed by atoms with Crippen LogP contribution in [0.2, 0.25) is 0 Å². The van der Waals surface area contributed by atoms with Gasteiger partial charge in [-0.25, -0.2) is 21.9 Å². The summed E-state index contributed by atoms with van der Waals surface area (Å²) in [4.78, 5) is 10.2. The van der Waals surface area contributed by atoms with Crippen molar-refractivity contribution < 1.29 is 27.1 Å². The molecule has 1 unspecified atom stereocenters. The summed E-state index contributed by atoms with van der Waals surface area (Å²) >= 11 is 0. The first-order valence-electron chi connectivity index (χ1n) is 5.30. The molecule has 0 saturated heterocycles. The maximum Gasteiger partial charge on any atom is 0.318 e. The molecule has 0 aromatic rings. The molecule has 5 nitrogen and oxygen atoms in total. The molecule has 0 aromatic heterocycles. The fourth-order valence-electron chi connectivity index (χ4n) is 1.87. The minimum absolute atomic E-state index is 0.154. The van der Waals surface area contributed by atoms with Crippen molar-refractivity contribution in [2.24, 2.45) is 5.92 Å². The van der Waals surface area contributed by atoms with Crippen LogP contribution in [0.3, 0.4) is 0 Å². The molecule has 17 heavy (non-hydrogen) atoms. The highest BCUT2D eigenvalue weighted by Gasteiger charge is 2.43. The Balaban J connectivity index is 2.60. The minimum Gasteiger partial charge on any atom is -0.480 e. The lowest BCUT2D eigenvalue weighted by molar-refractivity contribution is -0.135. The molecule has 0 spiro atoms. The van der Waals surface area contributed by atoms with E-state index >= 15 is 0 Å². The molecule has 2 N–H and O–H groups in total. The van der Waals surface area contributed by atoms with E-state index in [9.17, 15) is 22.0 Å². The van der Waals surface area contributed by atoms with Crippen LogP contribution < -0.4 is 4.72 Å². The molecule has 0 bridgehead atoms. The summed E-state index contributed by atoms with van der Waals surface area (Å²) in [6.45, 7) is -0.777. The Kier molecular flexibility index (Phi) is 4.42. The Morgan fingerprint density at radius 2 is 2.06 bits per heavy atom. The SMILES string of the molecule is O=C(O)CNS(=O)(=O)CC1CCCCC1(F)F. The average molecular weight is 271 g/mol. The van der Waals surface area contributed by atoms with Crippen molar-refractivity contribution in [3.05, 3.63) is 0 Å². The number of carboxylic acid groups (broad SMARTS) is 1. The highest BCUT2D eigenvalue weighted by atomic mass is 32.2. The Bertz CT molecular complexity index is 382. The van der Waals surface area contributed by atoms with E-state index in [1.54, 1.807) is 4.72 Å². The Morgan fingerprint density at radius 1 is 1.41 bits per heavy atom. The van der Waals surface area contributed by atoms with Crippen molar-refractivity contribution in [3.63, 3.8) is 0 Å². The highest BCUT2D eigenvalue weighted by molar-refractivity contribution is 7.89. The van der Waals surface area contributed by atoms with E-state index in [0.29, 0.717) is 12.8 Å². The third-order valence-corrected chi connectivity index (χ3v) is 4.20. The van der Waals surface area contributed by atoms with Crippen molar-refractivity contribution in [1.82, 2.24) is 4.72 Å². The van der Waals surface area contributed by atoms with Gasteiger partial charge in [-0.15, -0.1) is 0 Å². The third kappa shape index (κ3) is 4.55. The van der Waals surface area contributed by atoms with Gasteiger partial charge in [0.25, 0.3) is 5.92 Å². The zero-order valence-electron chi connectivity index (χ0n) is 9.16. The maximum absolute atomic E-state index is 13.4. The van der Waals surface area contributed by atoms with Crippen molar-refractivity contribution in [1.29, 1.82) is 0 Å². The van der Waals surface area contributed by atoms with Gasteiger partial charge < -0.3 is 5.11 Å². The molecule has 0 heterocycles. The van der Waals surface area contributed by atoms with Gasteiger partial charge in [0.05, 0.1) is 5.75 Å². The summed E-state index contributed by atoms with van der Waals surface area (Å²) in [5.41, 5.74) is 0. The van der Waals surface area contributed by atoms with Gasteiger partial charge in [0.2, 0.25) is 10.0 Å². The first-order valence-corrected chi connectivity index (χ1v) is 6.95. The number of carboxylic acids is 1. The third-order valence-electron chi connectivity index (χ3n) is 2.77. The van der Waals surface area contributed by atoms with Gasteiger partial charge >= 0.3 is 5.97 Å². The molecule has 1 rings (SSSR count). The predicted octanol–water partition coefficient (Wildman–Crippen LogP) is 0.816. The molecule has 0 aliphatic heterocycles. The molecule has 100 valence electrons. The molecule has 1 aliphatic carbocycles. The summed E-state index contributed by atoms with van der Waals surface area (Å²) in [5, 5.41) is 8.31. The minimum atomic E-state index is -3.96. The topological polar surface area (TPSA) is 83.5 Å². The van der Waals surface area contributed by atoms with Crippen molar-refractivity contribution in [3.8, 4) is 0 Å². The number of aliphatic carboxylic acids is 1. The van der Waals surface area contributed by atoms with Crippen LogP contribution in [0.15, 0.2) is 0 Å². The van der Waals surface area contributed by atoms with Crippen molar-refractivity contribution in [2.75, 3.05) is 12.3 Å². The number of sulfonamides is 1. The lowest BCUT2D eigenvalue weighted by Gasteiger charge is -2.30. The van der Waals surface area contributed by atoms with E-state index in [1.165, 1.54) is 0 Å². The van der Waals surface area contributed by atoms with Crippen LogP contribution in [0.1, 0.15) is 25.7 Å². The van der Waals surface area contributed by atoms with E-state index in [1.807, 2.05) is 0 Å². The molecule has 0 aromatic carbocycles. The fourth-order valence-corrected chi connectivity index (χ4v) is 3.27. The van der Waals surface area contributed by atoms with Gasteiger partial charge in [-0.3, -0.25) is 4.79 Å². The number of hydrogen-bond acceptors (Lipinski definition) is 3. The first kappa shape index (κ1) is 14.3. The zero-order chi connectivity index (χ0) is 13.1. The van der Waals surface area contributed by atoms with Crippen LogP contribution in [0.4, 0.5) is 8.78 Å². The number of hydrogen-bond donors (Lipinski definition) is 2. The van der Waals surface area contributed by atoms with Crippen LogP contribution in [-0.4, -0.2) is 37.7 Å². The maximum atomic E-state index is 13.4. The Labute approximate surface area is 98.3 Å². The molecule has 0 radical (unpaired) electrons.